The maximum Gasteiger partial charge on any atom is 0.243 e. The summed E-state index contributed by atoms with van der Waals surface area (Å²) in [7, 11) is -1.28. The van der Waals surface area contributed by atoms with Crippen LogP contribution in [-0.2, 0) is 14.8 Å². The van der Waals surface area contributed by atoms with E-state index in [-0.39, 0.29) is 25.0 Å². The fourth-order valence-corrected chi connectivity index (χ4v) is 4.96. The highest BCUT2D eigenvalue weighted by molar-refractivity contribution is 7.93. The minimum Gasteiger partial charge on any atom is -0.494 e. The van der Waals surface area contributed by atoms with Gasteiger partial charge < -0.3 is 19.3 Å². The van der Waals surface area contributed by atoms with E-state index in [2.05, 4.69) is 36.6 Å². The third kappa shape index (κ3) is 7.34. The number of methoxy groups -OCH3 is 2. The van der Waals surface area contributed by atoms with E-state index in [0.717, 1.165) is 11.1 Å². The summed E-state index contributed by atoms with van der Waals surface area (Å²) in [5, 5.41) is 16.6. The predicted octanol–water partition coefficient (Wildman–Crippen LogP) is 3.19. The van der Waals surface area contributed by atoms with Gasteiger partial charge in [0.1, 0.15) is 28.5 Å². The zero-order chi connectivity index (χ0) is 30.2. The van der Waals surface area contributed by atoms with Gasteiger partial charge in [0, 0.05) is 24.2 Å². The summed E-state index contributed by atoms with van der Waals surface area (Å²) in [6.07, 6.45) is 3.65. The van der Waals surface area contributed by atoms with E-state index in [0.29, 0.717) is 28.6 Å². The molecule has 0 aliphatic rings. The Morgan fingerprint density at radius 2 is 1.88 bits per heavy atom. The molecule has 0 spiro atoms. The Labute approximate surface area is 239 Å². The third-order valence-corrected chi connectivity index (χ3v) is 7.52. The quantitative estimate of drug-likeness (QED) is 0.227. The van der Waals surface area contributed by atoms with Crippen molar-refractivity contribution < 1.29 is 27.7 Å². The molecule has 0 saturated carbocycles. The van der Waals surface area contributed by atoms with Gasteiger partial charge >= 0.3 is 0 Å². The number of aromatic nitrogens is 4. The number of hydrogen-bond acceptors (Lipinski definition) is 10. The second-order valence-corrected chi connectivity index (χ2v) is 11.2. The van der Waals surface area contributed by atoms with E-state index in [4.69, 9.17) is 14.2 Å². The number of aliphatic hydroxyl groups is 1. The zero-order valence-electron chi connectivity index (χ0n) is 23.9. The van der Waals surface area contributed by atoms with Crippen LogP contribution in [0.5, 0.6) is 11.5 Å². The topological polar surface area (TPSA) is 162 Å². The van der Waals surface area contributed by atoms with Crippen molar-refractivity contribution in [2.24, 2.45) is 9.98 Å². The highest BCUT2D eigenvalue weighted by Gasteiger charge is 2.36. The molecule has 1 aromatic carbocycles. The molecular weight excluding hydrogens is 550 g/mol. The lowest BCUT2D eigenvalue weighted by molar-refractivity contribution is 0.0638. The highest BCUT2D eigenvalue weighted by atomic mass is 32.2. The van der Waals surface area contributed by atoms with Crippen molar-refractivity contribution >= 4 is 28.5 Å². The fourth-order valence-electron chi connectivity index (χ4n) is 3.86. The molecule has 0 aliphatic carbocycles. The number of para-hydroxylation sites is 1. The number of pyridine rings is 1. The Balaban J connectivity index is 2.19. The van der Waals surface area contributed by atoms with Gasteiger partial charge in [-0.25, -0.2) is 18.4 Å². The van der Waals surface area contributed by atoms with Crippen molar-refractivity contribution in [3.63, 3.8) is 0 Å². The number of anilines is 1. The first-order valence-corrected chi connectivity index (χ1v) is 14.1. The van der Waals surface area contributed by atoms with Gasteiger partial charge in [0.15, 0.2) is 11.7 Å². The first-order valence-electron chi connectivity index (χ1n) is 12.6. The fraction of sp³-hybridized carbons (Fsp3) is 0.370. The molecule has 14 heteroatoms. The maximum atomic E-state index is 13.8. The lowest BCUT2D eigenvalue weighted by atomic mass is 10.2. The minimum absolute atomic E-state index is 0.0388. The smallest absolute Gasteiger partial charge is 0.243 e. The number of nitrogens with one attached hydrogen (secondary N) is 1. The molecule has 13 nitrogen and oxygen atoms in total. The molecule has 2 heterocycles. The van der Waals surface area contributed by atoms with Crippen LogP contribution in [0.3, 0.4) is 0 Å². The Hall–Kier alpha value is -4.14. The molecule has 0 unspecified atom stereocenters. The van der Waals surface area contributed by atoms with Crippen molar-refractivity contribution in [3.05, 3.63) is 54.0 Å². The lowest BCUT2D eigenvalue weighted by Crippen LogP contribution is -2.42. The molecule has 220 valence electrons. The molecule has 2 atom stereocenters. The number of hydrogen-bond donors (Lipinski definition) is 2. The summed E-state index contributed by atoms with van der Waals surface area (Å²) in [5.74, 6) is 0.968. The molecule has 3 aromatic rings. The van der Waals surface area contributed by atoms with Crippen LogP contribution in [0.15, 0.2) is 58.4 Å². The van der Waals surface area contributed by atoms with E-state index in [1.54, 1.807) is 30.6 Å². The summed E-state index contributed by atoms with van der Waals surface area (Å²) in [6.45, 7) is 10.0. The third-order valence-electron chi connectivity index (χ3n) is 5.83. The number of aryl methyl sites for hydroxylation is 1. The lowest BCUT2D eigenvalue weighted by Gasteiger charge is -2.24. The van der Waals surface area contributed by atoms with Crippen LogP contribution in [0.4, 0.5) is 5.95 Å². The average molecular weight is 586 g/mol. The van der Waals surface area contributed by atoms with E-state index in [1.807, 2.05) is 26.8 Å². The van der Waals surface area contributed by atoms with Crippen LogP contribution in [0, 0.1) is 6.92 Å². The summed E-state index contributed by atoms with van der Waals surface area (Å²) in [5.41, 5.74) is 2.68. The summed E-state index contributed by atoms with van der Waals surface area (Å²) in [4.78, 5) is 12.4. The summed E-state index contributed by atoms with van der Waals surface area (Å²) < 4.78 is 48.6. The van der Waals surface area contributed by atoms with Gasteiger partial charge in [0.2, 0.25) is 16.0 Å². The van der Waals surface area contributed by atoms with E-state index in [9.17, 15) is 13.5 Å². The molecule has 0 fully saturated rings. The normalized spacial score (nSPS) is 13.3. The maximum absolute atomic E-state index is 13.8. The van der Waals surface area contributed by atoms with Gasteiger partial charge in [-0.1, -0.05) is 11.6 Å². The monoisotopic (exact) mass is 585 g/mol. The predicted molar refractivity (Wildman–Crippen MR) is 158 cm³/mol. The molecule has 0 radical (unpaired) electrons. The van der Waals surface area contributed by atoms with Gasteiger partial charge in [-0.05, 0) is 58.2 Å². The van der Waals surface area contributed by atoms with Crippen LogP contribution in [0.2, 0.25) is 0 Å². The van der Waals surface area contributed by atoms with Crippen LogP contribution in [-0.4, -0.2) is 84.6 Å². The number of aliphatic imine (C=N–C) groups is 2. The zero-order valence-corrected chi connectivity index (χ0v) is 24.7. The number of nitrogens with zero attached hydrogens (tertiary/aromatic N) is 6. The standard InChI is InChI=1S/C27H35N7O6S/c1-17(2)14-30-25(28-5)24(40-12-11-35)19(4)41(36,37)33-27-32-31-26(20-13-18(3)15-29-16-20)34(27)23-21(38-6)9-8-10-22(23)39-7/h8-10,13-16,19,24,35H,5,11-12H2,1-4,6-7H3,(H,32,33)/t19-,24+/m0/s1. The Bertz CT molecular complexity index is 1510. The van der Waals surface area contributed by atoms with Crippen molar-refractivity contribution in [2.75, 3.05) is 32.2 Å². The van der Waals surface area contributed by atoms with E-state index < -0.39 is 21.4 Å². The first-order chi connectivity index (χ1) is 19.6. The van der Waals surface area contributed by atoms with Crippen molar-refractivity contribution in [1.29, 1.82) is 0 Å². The number of allylic oxidation sites excluding steroid dienone is 1. The molecule has 0 saturated heterocycles. The summed E-state index contributed by atoms with van der Waals surface area (Å²) in [6, 6.07) is 7.00. The molecule has 41 heavy (non-hydrogen) atoms. The van der Waals surface area contributed by atoms with E-state index >= 15 is 0 Å². The van der Waals surface area contributed by atoms with Crippen LogP contribution < -0.4 is 14.2 Å². The molecular formula is C27H35N7O6S. The molecule has 2 aromatic heterocycles. The van der Waals surface area contributed by atoms with Crippen molar-refractivity contribution in [1.82, 2.24) is 19.7 Å². The van der Waals surface area contributed by atoms with Crippen LogP contribution >= 0.6 is 0 Å². The summed E-state index contributed by atoms with van der Waals surface area (Å²) >= 11 is 0. The number of sulfonamides is 1. The van der Waals surface area contributed by atoms with Crippen molar-refractivity contribution in [3.8, 4) is 28.6 Å². The average Bonchev–Trinajstić information content (AvgIpc) is 3.35. The molecule has 0 bridgehead atoms. The van der Waals surface area contributed by atoms with Gasteiger partial charge in [-0.3, -0.25) is 14.3 Å². The second kappa shape index (κ2) is 14.0. The number of ether oxygens (including phenoxy) is 3. The number of rotatable bonds is 13. The number of benzene rings is 1. The van der Waals surface area contributed by atoms with Gasteiger partial charge in [-0.2, -0.15) is 0 Å². The Kier molecular flexibility index (Phi) is 10.7. The Morgan fingerprint density at radius 3 is 2.44 bits per heavy atom. The Morgan fingerprint density at radius 1 is 1.20 bits per heavy atom. The number of aliphatic hydroxyl groups excluding tert-OH is 1. The SMILES string of the molecule is C=NC(=NC=C(C)C)[C@H](OCCO)[C@H](C)S(=O)(=O)Nc1nnc(-c2cncc(C)c2)n1-c1c(OC)cccc1OC. The molecule has 0 aliphatic heterocycles. The van der Waals surface area contributed by atoms with Gasteiger partial charge in [-0.15, -0.1) is 10.2 Å². The molecule has 3 rings (SSSR count). The highest BCUT2D eigenvalue weighted by Crippen LogP contribution is 2.38. The molecule has 0 amide bonds. The largest absolute Gasteiger partial charge is 0.494 e. The van der Waals surface area contributed by atoms with Crippen molar-refractivity contribution in [2.45, 2.75) is 39.0 Å². The van der Waals surface area contributed by atoms with Crippen LogP contribution in [0.25, 0.3) is 17.1 Å². The van der Waals surface area contributed by atoms with E-state index in [1.165, 1.54) is 31.9 Å². The van der Waals surface area contributed by atoms with Crippen LogP contribution in [0.1, 0.15) is 26.3 Å². The minimum atomic E-state index is -4.25. The van der Waals surface area contributed by atoms with Gasteiger partial charge in [0.05, 0.1) is 27.4 Å². The second-order valence-electron chi connectivity index (χ2n) is 9.16. The first kappa shape index (κ1) is 31.4. The number of amidine groups is 1. The molecule has 2 N–H and O–H groups in total. The van der Waals surface area contributed by atoms with Gasteiger partial charge in [0.25, 0.3) is 0 Å².